The van der Waals surface area contributed by atoms with E-state index in [4.69, 9.17) is 10.2 Å². The van der Waals surface area contributed by atoms with Gasteiger partial charge < -0.3 is 15.5 Å². The van der Waals surface area contributed by atoms with Gasteiger partial charge in [0.15, 0.2) is 0 Å². The molecule has 7 heteroatoms. The van der Waals surface area contributed by atoms with Gasteiger partial charge >= 0.3 is 11.9 Å². The molecule has 0 aliphatic carbocycles. The molecule has 0 radical (unpaired) electrons. The third-order valence-electron chi connectivity index (χ3n) is 2.29. The molecule has 0 unspecified atom stereocenters. The first-order chi connectivity index (χ1) is 8.38. The Kier molecular flexibility index (Phi) is 3.98. The molecule has 0 aliphatic heterocycles. The number of carboxylic acids is 2. The molecule has 0 fully saturated rings. The Morgan fingerprint density at radius 3 is 2.28 bits per heavy atom. The first-order valence-corrected chi connectivity index (χ1v) is 5.04. The number of pyridine rings is 1. The Balaban J connectivity index is 3.14. The number of rotatable bonds is 5. The van der Waals surface area contributed by atoms with Gasteiger partial charge in [0.1, 0.15) is 0 Å². The average Bonchev–Trinajstić information content (AvgIpc) is 2.28. The molecule has 1 heterocycles. The molecule has 0 saturated heterocycles. The van der Waals surface area contributed by atoms with Crippen molar-refractivity contribution in [1.82, 2.24) is 10.3 Å². The first kappa shape index (κ1) is 13.6. The second-order valence-electron chi connectivity index (χ2n) is 3.69. The van der Waals surface area contributed by atoms with E-state index in [0.717, 1.165) is 6.92 Å². The molecule has 96 valence electrons. The van der Waals surface area contributed by atoms with Gasteiger partial charge in [0.2, 0.25) is 11.4 Å². The van der Waals surface area contributed by atoms with Gasteiger partial charge in [0, 0.05) is 25.2 Å². The monoisotopic (exact) mass is 252 g/mol. The van der Waals surface area contributed by atoms with Crippen LogP contribution < -0.4 is 5.32 Å². The molecule has 7 nitrogen and oxygen atoms in total. The Labute approximate surface area is 102 Å². The quantitative estimate of drug-likeness (QED) is 0.618. The van der Waals surface area contributed by atoms with Crippen LogP contribution in [0.15, 0.2) is 24.4 Å². The number of nitrogens with zero attached hydrogens (tertiary/aromatic N) is 1. The van der Waals surface area contributed by atoms with Crippen LogP contribution in [0.25, 0.3) is 0 Å². The molecule has 0 saturated carbocycles. The van der Waals surface area contributed by atoms with Crippen LogP contribution >= 0.6 is 0 Å². The number of hydrogen-bond donors (Lipinski definition) is 3. The van der Waals surface area contributed by atoms with E-state index < -0.39 is 29.8 Å². The number of carbonyl (C=O) groups is 3. The standard InChI is InChI=1S/C11H12N2O5/c1-7(14)13-11(9(15)16,10(17)18)6-8-4-2-3-5-12-8/h2-5H,6H2,1H3,(H,13,14)(H,15,16)(H,17,18). The summed E-state index contributed by atoms with van der Waals surface area (Å²) in [7, 11) is 0. The van der Waals surface area contributed by atoms with Gasteiger partial charge in [-0.3, -0.25) is 9.78 Å². The summed E-state index contributed by atoms with van der Waals surface area (Å²) in [6.45, 7) is 1.05. The smallest absolute Gasteiger partial charge is 0.341 e. The van der Waals surface area contributed by atoms with E-state index in [1.807, 2.05) is 5.32 Å². The normalized spacial score (nSPS) is 10.7. The molecule has 1 aromatic heterocycles. The fourth-order valence-electron chi connectivity index (χ4n) is 1.47. The molecule has 1 amide bonds. The van der Waals surface area contributed by atoms with E-state index in [1.54, 1.807) is 12.1 Å². The van der Waals surface area contributed by atoms with Gasteiger partial charge in [-0.25, -0.2) is 9.59 Å². The third kappa shape index (κ3) is 2.82. The van der Waals surface area contributed by atoms with Crippen molar-refractivity contribution < 1.29 is 24.6 Å². The lowest BCUT2D eigenvalue weighted by atomic mass is 9.93. The molecule has 1 aromatic rings. The van der Waals surface area contributed by atoms with Crippen molar-refractivity contribution in [1.29, 1.82) is 0 Å². The average molecular weight is 252 g/mol. The fourth-order valence-corrected chi connectivity index (χ4v) is 1.47. The first-order valence-electron chi connectivity index (χ1n) is 5.04. The highest BCUT2D eigenvalue weighted by molar-refractivity contribution is 6.06. The molecular weight excluding hydrogens is 240 g/mol. The van der Waals surface area contributed by atoms with E-state index in [-0.39, 0.29) is 5.69 Å². The molecular formula is C11H12N2O5. The molecule has 0 spiro atoms. The summed E-state index contributed by atoms with van der Waals surface area (Å²) < 4.78 is 0. The summed E-state index contributed by atoms with van der Waals surface area (Å²) in [5.74, 6) is -4.03. The molecule has 1 rings (SSSR count). The number of amides is 1. The van der Waals surface area contributed by atoms with Gasteiger partial charge in [-0.2, -0.15) is 0 Å². The van der Waals surface area contributed by atoms with Crippen LogP contribution in [0.4, 0.5) is 0 Å². The van der Waals surface area contributed by atoms with Crippen LogP contribution in [0.3, 0.4) is 0 Å². The van der Waals surface area contributed by atoms with E-state index >= 15 is 0 Å². The molecule has 0 bridgehead atoms. The molecule has 3 N–H and O–H groups in total. The van der Waals surface area contributed by atoms with Crippen LogP contribution in [-0.2, 0) is 20.8 Å². The minimum atomic E-state index is -2.40. The van der Waals surface area contributed by atoms with Gasteiger partial charge in [-0.1, -0.05) is 6.07 Å². The van der Waals surface area contributed by atoms with E-state index in [9.17, 15) is 14.4 Å². The van der Waals surface area contributed by atoms with Crippen molar-refractivity contribution >= 4 is 17.8 Å². The lowest BCUT2D eigenvalue weighted by Gasteiger charge is -2.25. The number of carboxylic acid groups (broad SMARTS) is 2. The number of carbonyl (C=O) groups excluding carboxylic acids is 1. The summed E-state index contributed by atoms with van der Waals surface area (Å²) in [5, 5.41) is 20.1. The van der Waals surface area contributed by atoms with Crippen molar-refractivity contribution in [2.75, 3.05) is 0 Å². The summed E-state index contributed by atoms with van der Waals surface area (Å²) in [5.41, 5.74) is -2.14. The predicted molar refractivity (Wildman–Crippen MR) is 59.8 cm³/mol. The highest BCUT2D eigenvalue weighted by atomic mass is 16.4. The van der Waals surface area contributed by atoms with E-state index in [0.29, 0.717) is 0 Å². The zero-order chi connectivity index (χ0) is 13.8. The SMILES string of the molecule is CC(=O)NC(Cc1ccccn1)(C(=O)O)C(=O)O. The van der Waals surface area contributed by atoms with Crippen molar-refractivity contribution in [3.8, 4) is 0 Å². The van der Waals surface area contributed by atoms with Crippen molar-refractivity contribution in [2.24, 2.45) is 0 Å². The van der Waals surface area contributed by atoms with Crippen LogP contribution in [-0.4, -0.2) is 38.6 Å². The van der Waals surface area contributed by atoms with Gasteiger partial charge in [-0.05, 0) is 12.1 Å². The van der Waals surface area contributed by atoms with Gasteiger partial charge in [0.25, 0.3) is 0 Å². The van der Waals surface area contributed by atoms with Crippen molar-refractivity contribution in [3.63, 3.8) is 0 Å². The minimum Gasteiger partial charge on any atom is -0.479 e. The Morgan fingerprint density at radius 1 is 1.28 bits per heavy atom. The number of aliphatic carboxylic acids is 2. The van der Waals surface area contributed by atoms with E-state index in [1.165, 1.54) is 12.3 Å². The third-order valence-corrected chi connectivity index (χ3v) is 2.29. The van der Waals surface area contributed by atoms with Gasteiger partial charge in [0.05, 0.1) is 0 Å². The van der Waals surface area contributed by atoms with Gasteiger partial charge in [-0.15, -0.1) is 0 Å². The second-order valence-corrected chi connectivity index (χ2v) is 3.69. The highest BCUT2D eigenvalue weighted by Crippen LogP contribution is 2.13. The summed E-state index contributed by atoms with van der Waals surface area (Å²) in [4.78, 5) is 37.2. The zero-order valence-electron chi connectivity index (χ0n) is 9.58. The molecule has 18 heavy (non-hydrogen) atoms. The maximum atomic E-state index is 11.2. The van der Waals surface area contributed by atoms with Crippen molar-refractivity contribution in [3.05, 3.63) is 30.1 Å². The number of nitrogens with one attached hydrogen (secondary N) is 1. The zero-order valence-corrected chi connectivity index (χ0v) is 9.58. The lowest BCUT2D eigenvalue weighted by molar-refractivity contribution is -0.161. The fraction of sp³-hybridized carbons (Fsp3) is 0.273. The van der Waals surface area contributed by atoms with E-state index in [2.05, 4.69) is 4.98 Å². The van der Waals surface area contributed by atoms with Crippen LogP contribution in [0.2, 0.25) is 0 Å². The summed E-state index contributed by atoms with van der Waals surface area (Å²) in [6, 6.07) is 4.71. The largest absolute Gasteiger partial charge is 0.479 e. The molecule has 0 aliphatic rings. The second kappa shape index (κ2) is 5.26. The maximum Gasteiger partial charge on any atom is 0.341 e. The molecule has 0 atom stereocenters. The Hall–Kier alpha value is -2.44. The van der Waals surface area contributed by atoms with Crippen LogP contribution in [0, 0.1) is 0 Å². The Bertz CT molecular complexity index is 458. The predicted octanol–water partition coefficient (Wildman–Crippen LogP) is -0.332. The topological polar surface area (TPSA) is 117 Å². The Morgan fingerprint density at radius 2 is 1.89 bits per heavy atom. The summed E-state index contributed by atoms with van der Waals surface area (Å²) in [6.07, 6.45) is 0.982. The highest BCUT2D eigenvalue weighted by Gasteiger charge is 2.48. The van der Waals surface area contributed by atoms with Crippen LogP contribution in [0.5, 0.6) is 0 Å². The number of aromatic nitrogens is 1. The lowest BCUT2D eigenvalue weighted by Crippen LogP contribution is -2.61. The number of hydrogen-bond acceptors (Lipinski definition) is 4. The van der Waals surface area contributed by atoms with Crippen LogP contribution in [0.1, 0.15) is 12.6 Å². The molecule has 0 aromatic carbocycles. The maximum absolute atomic E-state index is 11.2. The van der Waals surface area contributed by atoms with Crippen molar-refractivity contribution in [2.45, 2.75) is 18.9 Å². The summed E-state index contributed by atoms with van der Waals surface area (Å²) >= 11 is 0. The minimum absolute atomic E-state index is 0.260.